The first-order valence-electron chi connectivity index (χ1n) is 5.21. The van der Waals surface area contributed by atoms with E-state index in [9.17, 15) is 12.8 Å². The molecular weight excluding hydrogens is 275 g/mol. The summed E-state index contributed by atoms with van der Waals surface area (Å²) in [5.74, 6) is -0.878. The lowest BCUT2D eigenvalue weighted by Gasteiger charge is -2.05. The summed E-state index contributed by atoms with van der Waals surface area (Å²) >= 11 is 5.69. The summed E-state index contributed by atoms with van der Waals surface area (Å²) in [6, 6.07) is 11.7. The maximum absolute atomic E-state index is 13.4. The molecule has 2 nitrogen and oxygen atoms in total. The Morgan fingerprint density at radius 2 is 1.61 bits per heavy atom. The summed E-state index contributed by atoms with van der Waals surface area (Å²) in [7, 11) is -3.55. The van der Waals surface area contributed by atoms with Crippen molar-refractivity contribution in [3.05, 3.63) is 64.9 Å². The molecule has 2 aromatic rings. The van der Waals surface area contributed by atoms with Gasteiger partial charge in [0.2, 0.25) is 0 Å². The molecular formula is C13H10ClFO2S. The van der Waals surface area contributed by atoms with Crippen molar-refractivity contribution in [2.45, 2.75) is 10.6 Å². The maximum atomic E-state index is 13.4. The summed E-state index contributed by atoms with van der Waals surface area (Å²) in [4.78, 5) is 0.134. The van der Waals surface area contributed by atoms with Gasteiger partial charge in [0.25, 0.3) is 0 Å². The lowest BCUT2D eigenvalue weighted by Crippen LogP contribution is -2.06. The first kappa shape index (κ1) is 13.1. The van der Waals surface area contributed by atoms with Gasteiger partial charge in [0.15, 0.2) is 9.84 Å². The summed E-state index contributed by atoms with van der Waals surface area (Å²) in [5, 5.41) is 0.458. The zero-order valence-corrected chi connectivity index (χ0v) is 10.9. The molecule has 0 atom stereocenters. The lowest BCUT2D eigenvalue weighted by molar-refractivity contribution is 0.587. The predicted molar refractivity (Wildman–Crippen MR) is 68.7 cm³/mol. The second kappa shape index (κ2) is 5.08. The monoisotopic (exact) mass is 284 g/mol. The van der Waals surface area contributed by atoms with Gasteiger partial charge in [-0.05, 0) is 30.3 Å². The normalized spacial score (nSPS) is 11.4. The quantitative estimate of drug-likeness (QED) is 0.865. The highest BCUT2D eigenvalue weighted by atomic mass is 35.5. The highest BCUT2D eigenvalue weighted by Crippen LogP contribution is 2.20. The van der Waals surface area contributed by atoms with E-state index in [1.54, 1.807) is 6.07 Å². The van der Waals surface area contributed by atoms with E-state index in [1.807, 2.05) is 0 Å². The molecule has 0 aromatic heterocycles. The SMILES string of the molecule is O=S(=O)(Cc1ccccc1F)c1ccc(Cl)cc1. The van der Waals surface area contributed by atoms with Crippen LogP contribution >= 0.6 is 11.6 Å². The Morgan fingerprint density at radius 1 is 1.00 bits per heavy atom. The van der Waals surface area contributed by atoms with Gasteiger partial charge in [-0.1, -0.05) is 29.8 Å². The van der Waals surface area contributed by atoms with Crippen molar-refractivity contribution in [3.8, 4) is 0 Å². The Labute approximate surface area is 110 Å². The minimum absolute atomic E-state index is 0.134. The van der Waals surface area contributed by atoms with Gasteiger partial charge in [-0.2, -0.15) is 0 Å². The molecule has 0 N–H and O–H groups in total. The highest BCUT2D eigenvalue weighted by molar-refractivity contribution is 7.90. The molecule has 2 rings (SSSR count). The van der Waals surface area contributed by atoms with Crippen LogP contribution in [-0.4, -0.2) is 8.42 Å². The van der Waals surface area contributed by atoms with Crippen molar-refractivity contribution < 1.29 is 12.8 Å². The van der Waals surface area contributed by atoms with Crippen LogP contribution in [-0.2, 0) is 15.6 Å². The van der Waals surface area contributed by atoms with E-state index in [4.69, 9.17) is 11.6 Å². The third-order valence-corrected chi connectivity index (χ3v) is 4.41. The van der Waals surface area contributed by atoms with Crippen molar-refractivity contribution in [1.29, 1.82) is 0 Å². The number of hydrogen-bond donors (Lipinski definition) is 0. The largest absolute Gasteiger partial charge is 0.223 e. The number of sulfone groups is 1. The average Bonchev–Trinajstić information content (AvgIpc) is 2.32. The molecule has 0 bridgehead atoms. The Morgan fingerprint density at radius 3 is 2.22 bits per heavy atom. The van der Waals surface area contributed by atoms with Gasteiger partial charge in [0.05, 0.1) is 10.6 Å². The summed E-state index contributed by atoms with van der Waals surface area (Å²) in [6.45, 7) is 0. The van der Waals surface area contributed by atoms with Gasteiger partial charge in [0.1, 0.15) is 5.82 Å². The minimum atomic E-state index is -3.55. The average molecular weight is 285 g/mol. The first-order chi connectivity index (χ1) is 8.49. The molecule has 0 aliphatic rings. The van der Waals surface area contributed by atoms with Crippen LogP contribution in [0.1, 0.15) is 5.56 Å². The van der Waals surface area contributed by atoms with Gasteiger partial charge in [-0.25, -0.2) is 12.8 Å². The molecule has 0 spiro atoms. The topological polar surface area (TPSA) is 34.1 Å². The Bertz CT molecular complexity index is 651. The zero-order chi connectivity index (χ0) is 13.2. The molecule has 94 valence electrons. The summed E-state index contributed by atoms with van der Waals surface area (Å²) in [5.41, 5.74) is 0.160. The van der Waals surface area contributed by atoms with Crippen LogP contribution in [0.25, 0.3) is 0 Å². The van der Waals surface area contributed by atoms with Crippen molar-refractivity contribution in [2.75, 3.05) is 0 Å². The van der Waals surface area contributed by atoms with Crippen molar-refractivity contribution >= 4 is 21.4 Å². The fourth-order valence-electron chi connectivity index (χ4n) is 1.55. The van der Waals surface area contributed by atoms with Crippen molar-refractivity contribution in [2.24, 2.45) is 0 Å². The Hall–Kier alpha value is -1.39. The van der Waals surface area contributed by atoms with Gasteiger partial charge in [0, 0.05) is 10.6 Å². The Kier molecular flexibility index (Phi) is 3.68. The van der Waals surface area contributed by atoms with Gasteiger partial charge >= 0.3 is 0 Å². The molecule has 0 unspecified atom stereocenters. The second-order valence-electron chi connectivity index (χ2n) is 3.80. The van der Waals surface area contributed by atoms with Crippen LogP contribution in [0.2, 0.25) is 5.02 Å². The molecule has 2 aromatic carbocycles. The van der Waals surface area contributed by atoms with Crippen molar-refractivity contribution in [1.82, 2.24) is 0 Å². The molecule has 5 heteroatoms. The van der Waals surface area contributed by atoms with E-state index in [1.165, 1.54) is 42.5 Å². The number of halogens is 2. The van der Waals surface area contributed by atoms with Crippen molar-refractivity contribution in [3.63, 3.8) is 0 Å². The maximum Gasteiger partial charge on any atom is 0.182 e. The zero-order valence-electron chi connectivity index (χ0n) is 9.31. The third-order valence-electron chi connectivity index (χ3n) is 2.48. The van der Waals surface area contributed by atoms with E-state index < -0.39 is 15.7 Å². The molecule has 18 heavy (non-hydrogen) atoms. The summed E-state index contributed by atoms with van der Waals surface area (Å²) in [6.07, 6.45) is 0. The van der Waals surface area contributed by atoms with E-state index in [2.05, 4.69) is 0 Å². The van der Waals surface area contributed by atoms with E-state index in [0.717, 1.165) is 0 Å². The van der Waals surface area contributed by atoms with E-state index in [0.29, 0.717) is 5.02 Å². The van der Waals surface area contributed by atoms with Crippen LogP contribution in [0.4, 0.5) is 4.39 Å². The van der Waals surface area contributed by atoms with E-state index in [-0.39, 0.29) is 16.2 Å². The van der Waals surface area contributed by atoms with Gasteiger partial charge in [-0.15, -0.1) is 0 Å². The van der Waals surface area contributed by atoms with Crippen LogP contribution in [0.5, 0.6) is 0 Å². The molecule has 0 saturated heterocycles. The smallest absolute Gasteiger partial charge is 0.182 e. The van der Waals surface area contributed by atoms with Crippen LogP contribution in [0.15, 0.2) is 53.4 Å². The van der Waals surface area contributed by atoms with Crippen LogP contribution in [0.3, 0.4) is 0 Å². The van der Waals surface area contributed by atoms with E-state index >= 15 is 0 Å². The van der Waals surface area contributed by atoms with Crippen LogP contribution < -0.4 is 0 Å². The third kappa shape index (κ3) is 2.89. The molecule has 0 heterocycles. The summed E-state index contributed by atoms with van der Waals surface area (Å²) < 4.78 is 37.5. The first-order valence-corrected chi connectivity index (χ1v) is 7.24. The second-order valence-corrected chi connectivity index (χ2v) is 6.23. The molecule has 0 aliphatic heterocycles. The molecule has 0 radical (unpaired) electrons. The number of benzene rings is 2. The fourth-order valence-corrected chi connectivity index (χ4v) is 3.03. The highest BCUT2D eigenvalue weighted by Gasteiger charge is 2.17. The fraction of sp³-hybridized carbons (Fsp3) is 0.0769. The molecule has 0 fully saturated rings. The Balaban J connectivity index is 2.33. The van der Waals surface area contributed by atoms with Crippen LogP contribution in [0, 0.1) is 5.82 Å². The number of hydrogen-bond acceptors (Lipinski definition) is 2. The van der Waals surface area contributed by atoms with Gasteiger partial charge in [-0.3, -0.25) is 0 Å². The lowest BCUT2D eigenvalue weighted by atomic mass is 10.2. The standard InChI is InChI=1S/C13H10ClFO2S/c14-11-5-7-12(8-6-11)18(16,17)9-10-3-1-2-4-13(10)15/h1-8H,9H2. The molecule has 0 saturated carbocycles. The predicted octanol–water partition coefficient (Wildman–Crippen LogP) is 3.45. The van der Waals surface area contributed by atoms with Gasteiger partial charge < -0.3 is 0 Å². The minimum Gasteiger partial charge on any atom is -0.223 e. The molecule has 0 amide bonds. The molecule has 0 aliphatic carbocycles. The number of rotatable bonds is 3.